The van der Waals surface area contributed by atoms with Crippen LogP contribution in [0.15, 0.2) is 103 Å². The molecule has 0 bridgehead atoms. The van der Waals surface area contributed by atoms with Crippen molar-refractivity contribution in [2.24, 2.45) is 0 Å². The number of carbonyl (C=O) groups is 1. The van der Waals surface area contributed by atoms with Gasteiger partial charge in [-0.05, 0) is 35.9 Å². The summed E-state index contributed by atoms with van der Waals surface area (Å²) in [6.07, 6.45) is 0. The van der Waals surface area contributed by atoms with E-state index in [0.29, 0.717) is 21.3 Å². The lowest BCUT2D eigenvalue weighted by atomic mass is 10.0. The Balaban J connectivity index is 1.59. The first kappa shape index (κ1) is 21.2. The van der Waals surface area contributed by atoms with E-state index >= 15 is 0 Å². The molecule has 5 aromatic rings. The number of fused-ring (bicyclic) bond motifs is 1. The van der Waals surface area contributed by atoms with Gasteiger partial charge in [-0.1, -0.05) is 96.0 Å². The van der Waals surface area contributed by atoms with Gasteiger partial charge in [-0.2, -0.15) is 0 Å². The minimum Gasteiger partial charge on any atom is -0.321 e. The third-order valence-electron chi connectivity index (χ3n) is 5.44. The van der Waals surface area contributed by atoms with Crippen molar-refractivity contribution in [3.63, 3.8) is 0 Å². The van der Waals surface area contributed by atoms with Crippen LogP contribution in [0.5, 0.6) is 0 Å². The van der Waals surface area contributed by atoms with Crippen LogP contribution in [0.3, 0.4) is 0 Å². The molecule has 0 aliphatic rings. The smallest absolute Gasteiger partial charge is 0.256 e. The number of para-hydroxylation sites is 2. The lowest BCUT2D eigenvalue weighted by molar-refractivity contribution is 0.102. The molecule has 4 aromatic carbocycles. The quantitative estimate of drug-likeness (QED) is 0.289. The zero-order chi connectivity index (χ0) is 22.8. The summed E-state index contributed by atoms with van der Waals surface area (Å²) in [5, 5.41) is 4.78. The first-order valence-corrected chi connectivity index (χ1v) is 11.2. The lowest BCUT2D eigenvalue weighted by Gasteiger charge is -2.14. The fourth-order valence-corrected chi connectivity index (χ4v) is 4.12. The molecule has 5 rings (SSSR count). The van der Waals surface area contributed by atoms with Crippen LogP contribution in [-0.2, 0) is 0 Å². The van der Waals surface area contributed by atoms with Crippen LogP contribution in [0, 0.1) is 0 Å². The third kappa shape index (κ3) is 4.34. The van der Waals surface area contributed by atoms with Gasteiger partial charge >= 0.3 is 0 Å². The predicted octanol–water partition coefficient (Wildman–Crippen LogP) is 8.13. The Bertz CT molecular complexity index is 1480. The Morgan fingerprint density at radius 3 is 2.24 bits per heavy atom. The SMILES string of the molecule is O=C(Nc1ccccc1-c1ccccc1)c1cc(-c2ccc(Cl)c(Cl)c2)nc2ccccc12. The maximum Gasteiger partial charge on any atom is 0.256 e. The summed E-state index contributed by atoms with van der Waals surface area (Å²) in [4.78, 5) is 18.3. The second-order valence-electron chi connectivity index (χ2n) is 7.57. The average Bonchev–Trinajstić information content (AvgIpc) is 2.86. The highest BCUT2D eigenvalue weighted by Crippen LogP contribution is 2.32. The molecule has 0 aliphatic heterocycles. The standard InChI is InChI=1S/C28H18Cl2N2O/c29-23-15-14-19(16-24(23)30)27-17-22(21-11-5-7-13-26(21)31-27)28(33)32-25-12-6-4-10-20(25)18-8-2-1-3-9-18/h1-17H,(H,32,33). The van der Waals surface area contributed by atoms with E-state index in [-0.39, 0.29) is 5.91 Å². The fraction of sp³-hybridized carbons (Fsp3) is 0. The number of benzene rings is 4. The number of carbonyl (C=O) groups excluding carboxylic acids is 1. The highest BCUT2D eigenvalue weighted by atomic mass is 35.5. The average molecular weight is 469 g/mol. The van der Waals surface area contributed by atoms with Gasteiger partial charge in [-0.15, -0.1) is 0 Å². The van der Waals surface area contributed by atoms with Crippen LogP contribution >= 0.6 is 23.2 Å². The highest BCUT2D eigenvalue weighted by Gasteiger charge is 2.16. The number of nitrogens with one attached hydrogen (secondary N) is 1. The molecule has 5 heteroatoms. The second-order valence-corrected chi connectivity index (χ2v) is 8.38. The molecule has 0 atom stereocenters. The van der Waals surface area contributed by atoms with Crippen molar-refractivity contribution in [3.05, 3.63) is 119 Å². The number of anilines is 1. The molecule has 0 radical (unpaired) electrons. The normalized spacial score (nSPS) is 10.8. The monoisotopic (exact) mass is 468 g/mol. The van der Waals surface area contributed by atoms with E-state index in [1.54, 1.807) is 18.2 Å². The van der Waals surface area contributed by atoms with Crippen molar-refractivity contribution < 1.29 is 4.79 Å². The zero-order valence-electron chi connectivity index (χ0n) is 17.4. The first-order valence-electron chi connectivity index (χ1n) is 10.4. The van der Waals surface area contributed by atoms with Crippen LogP contribution in [0.25, 0.3) is 33.3 Å². The van der Waals surface area contributed by atoms with Gasteiger partial charge in [0.25, 0.3) is 5.91 Å². The summed E-state index contributed by atoms with van der Waals surface area (Å²) in [5.74, 6) is -0.210. The van der Waals surface area contributed by atoms with Crippen molar-refractivity contribution in [2.45, 2.75) is 0 Å². The van der Waals surface area contributed by atoms with Crippen molar-refractivity contribution in [1.82, 2.24) is 4.98 Å². The number of pyridine rings is 1. The maximum atomic E-state index is 13.5. The molecular formula is C28H18Cl2N2O. The minimum atomic E-state index is -0.210. The molecule has 1 aromatic heterocycles. The van der Waals surface area contributed by atoms with Crippen LogP contribution < -0.4 is 5.32 Å². The number of aromatic nitrogens is 1. The summed E-state index contributed by atoms with van der Waals surface area (Å²) in [6.45, 7) is 0. The number of hydrogen-bond donors (Lipinski definition) is 1. The Kier molecular flexibility index (Phi) is 5.82. The maximum absolute atomic E-state index is 13.5. The van der Waals surface area contributed by atoms with E-state index in [2.05, 4.69) is 5.32 Å². The number of halogens is 2. The van der Waals surface area contributed by atoms with Gasteiger partial charge in [0.05, 0.1) is 26.8 Å². The highest BCUT2D eigenvalue weighted by molar-refractivity contribution is 6.42. The van der Waals surface area contributed by atoms with Gasteiger partial charge in [-0.25, -0.2) is 4.98 Å². The Labute approximate surface area is 201 Å². The van der Waals surface area contributed by atoms with Gasteiger partial charge in [-0.3, -0.25) is 4.79 Å². The predicted molar refractivity (Wildman–Crippen MR) is 137 cm³/mol. The molecule has 1 N–H and O–H groups in total. The Morgan fingerprint density at radius 2 is 1.42 bits per heavy atom. The van der Waals surface area contributed by atoms with Crippen molar-refractivity contribution in [3.8, 4) is 22.4 Å². The molecule has 1 heterocycles. The van der Waals surface area contributed by atoms with Gasteiger partial charge in [0.1, 0.15) is 0 Å². The molecular weight excluding hydrogens is 451 g/mol. The summed E-state index contributed by atoms with van der Waals surface area (Å²) in [5.41, 5.74) is 5.42. The van der Waals surface area contributed by atoms with Crippen LogP contribution in [-0.4, -0.2) is 10.9 Å². The molecule has 0 saturated carbocycles. The summed E-state index contributed by atoms with van der Waals surface area (Å²) < 4.78 is 0. The van der Waals surface area contributed by atoms with Gasteiger partial charge in [0, 0.05) is 22.2 Å². The molecule has 160 valence electrons. The summed E-state index contributed by atoms with van der Waals surface area (Å²) >= 11 is 12.3. The lowest BCUT2D eigenvalue weighted by Crippen LogP contribution is -2.13. The molecule has 0 saturated heterocycles. The molecule has 0 unspecified atom stereocenters. The third-order valence-corrected chi connectivity index (χ3v) is 6.18. The van der Waals surface area contributed by atoms with E-state index in [4.69, 9.17) is 28.2 Å². The number of nitrogens with zero attached hydrogens (tertiary/aromatic N) is 1. The van der Waals surface area contributed by atoms with Crippen molar-refractivity contribution in [2.75, 3.05) is 5.32 Å². The van der Waals surface area contributed by atoms with E-state index < -0.39 is 0 Å². The topological polar surface area (TPSA) is 42.0 Å². The molecule has 1 amide bonds. The fourth-order valence-electron chi connectivity index (χ4n) is 3.82. The molecule has 3 nitrogen and oxygen atoms in total. The Hall–Kier alpha value is -3.66. The number of rotatable bonds is 4. The zero-order valence-corrected chi connectivity index (χ0v) is 18.9. The molecule has 0 aliphatic carbocycles. The number of hydrogen-bond acceptors (Lipinski definition) is 2. The summed E-state index contributed by atoms with van der Waals surface area (Å²) in [7, 11) is 0. The van der Waals surface area contributed by atoms with E-state index in [1.165, 1.54) is 0 Å². The first-order chi connectivity index (χ1) is 16.1. The summed E-state index contributed by atoms with van der Waals surface area (Å²) in [6, 6.07) is 32.5. The minimum absolute atomic E-state index is 0.210. The van der Waals surface area contributed by atoms with Crippen LogP contribution in [0.1, 0.15) is 10.4 Å². The van der Waals surface area contributed by atoms with Crippen molar-refractivity contribution >= 4 is 45.7 Å². The Morgan fingerprint density at radius 1 is 0.697 bits per heavy atom. The van der Waals surface area contributed by atoms with E-state index in [1.807, 2.05) is 84.9 Å². The van der Waals surface area contributed by atoms with Crippen LogP contribution in [0.2, 0.25) is 10.0 Å². The molecule has 0 spiro atoms. The van der Waals surface area contributed by atoms with Gasteiger partial charge in [0.15, 0.2) is 0 Å². The van der Waals surface area contributed by atoms with Gasteiger partial charge < -0.3 is 5.32 Å². The van der Waals surface area contributed by atoms with Crippen molar-refractivity contribution in [1.29, 1.82) is 0 Å². The van der Waals surface area contributed by atoms with Crippen LogP contribution in [0.4, 0.5) is 5.69 Å². The molecule has 33 heavy (non-hydrogen) atoms. The van der Waals surface area contributed by atoms with Gasteiger partial charge in [0.2, 0.25) is 0 Å². The largest absolute Gasteiger partial charge is 0.321 e. The second kappa shape index (κ2) is 9.07. The van der Waals surface area contributed by atoms with E-state index in [9.17, 15) is 4.79 Å². The van der Waals surface area contributed by atoms with E-state index in [0.717, 1.165) is 33.3 Å². The number of amides is 1. The molecule has 0 fully saturated rings.